The van der Waals surface area contributed by atoms with Crippen molar-refractivity contribution in [1.82, 2.24) is 10.2 Å². The molecule has 1 saturated carbocycles. The minimum absolute atomic E-state index is 0.129. The summed E-state index contributed by atoms with van der Waals surface area (Å²) >= 11 is 0. The number of hydrogen-bond acceptors (Lipinski definition) is 4. The number of methoxy groups -OCH3 is 1. The molecule has 2 unspecified atom stereocenters. The molecule has 6 nitrogen and oxygen atoms in total. The van der Waals surface area contributed by atoms with Crippen molar-refractivity contribution in [1.29, 1.82) is 0 Å². The Hall–Kier alpha value is -1.30. The van der Waals surface area contributed by atoms with Crippen LogP contribution in [0, 0.1) is 11.8 Å². The predicted octanol–water partition coefficient (Wildman–Crippen LogP) is 3.06. The van der Waals surface area contributed by atoms with Gasteiger partial charge in [0, 0.05) is 21.2 Å². The van der Waals surface area contributed by atoms with E-state index in [1.807, 2.05) is 13.8 Å². The van der Waals surface area contributed by atoms with E-state index in [1.54, 1.807) is 14.1 Å². The van der Waals surface area contributed by atoms with Gasteiger partial charge in [-0.25, -0.2) is 4.79 Å². The second-order valence-electron chi connectivity index (χ2n) is 6.36. The van der Waals surface area contributed by atoms with Gasteiger partial charge in [0.25, 0.3) is 0 Å². The largest absolute Gasteiger partial charge is 0.449 e. The van der Waals surface area contributed by atoms with Crippen molar-refractivity contribution >= 4 is 12.0 Å². The zero-order chi connectivity index (χ0) is 18.5. The van der Waals surface area contributed by atoms with Crippen LogP contribution in [0.4, 0.5) is 4.79 Å². The third-order valence-electron chi connectivity index (χ3n) is 4.30. The molecule has 1 N–H and O–H groups in total. The number of hydrogen-bond donors (Lipinski definition) is 1. The maximum absolute atomic E-state index is 11.9. The van der Waals surface area contributed by atoms with Gasteiger partial charge in [-0.05, 0) is 11.8 Å². The topological polar surface area (TPSA) is 67.9 Å². The standard InChI is InChI=1S/C16H30N2O4.C2H6/c1-12(13-8-6-5-7-9-13)10-22-16(20)17-14(11-21-4)15(19)18(2)3;1-2/h12-14H,5-11H2,1-4H3,(H,17,20);1-2H3. The minimum atomic E-state index is -0.711. The minimum Gasteiger partial charge on any atom is -0.449 e. The van der Waals surface area contributed by atoms with Gasteiger partial charge in [-0.15, -0.1) is 0 Å². The second-order valence-corrected chi connectivity index (χ2v) is 6.36. The second kappa shape index (κ2) is 13.0. The average Bonchev–Trinajstić information content (AvgIpc) is 2.61. The Kier molecular flexibility index (Phi) is 12.3. The van der Waals surface area contributed by atoms with Gasteiger partial charge in [-0.1, -0.05) is 52.9 Å². The van der Waals surface area contributed by atoms with Gasteiger partial charge >= 0.3 is 6.09 Å². The molecule has 6 heteroatoms. The Balaban J connectivity index is 0.00000254. The molecule has 0 aromatic heterocycles. The fourth-order valence-electron chi connectivity index (χ4n) is 2.88. The Morgan fingerprint density at radius 2 is 1.71 bits per heavy atom. The first-order chi connectivity index (χ1) is 11.5. The highest BCUT2D eigenvalue weighted by atomic mass is 16.5. The summed E-state index contributed by atoms with van der Waals surface area (Å²) in [5, 5.41) is 2.58. The monoisotopic (exact) mass is 344 g/mol. The number of nitrogens with zero attached hydrogens (tertiary/aromatic N) is 1. The molecule has 0 aliphatic heterocycles. The van der Waals surface area contributed by atoms with E-state index in [-0.39, 0.29) is 12.5 Å². The van der Waals surface area contributed by atoms with E-state index in [4.69, 9.17) is 9.47 Å². The fraction of sp³-hybridized carbons (Fsp3) is 0.889. The molecule has 1 fully saturated rings. The molecular weight excluding hydrogens is 308 g/mol. The molecule has 0 aromatic carbocycles. The van der Waals surface area contributed by atoms with Crippen LogP contribution in [0.2, 0.25) is 0 Å². The van der Waals surface area contributed by atoms with Crippen molar-refractivity contribution < 1.29 is 19.1 Å². The summed E-state index contributed by atoms with van der Waals surface area (Å²) in [4.78, 5) is 25.2. The molecule has 0 saturated heterocycles. The molecule has 2 amide bonds. The van der Waals surface area contributed by atoms with Gasteiger partial charge in [0.1, 0.15) is 6.04 Å². The lowest BCUT2D eigenvalue weighted by molar-refractivity contribution is -0.132. The summed E-state index contributed by atoms with van der Waals surface area (Å²) < 4.78 is 10.3. The summed E-state index contributed by atoms with van der Waals surface area (Å²) in [7, 11) is 4.78. The third-order valence-corrected chi connectivity index (χ3v) is 4.30. The molecule has 0 heterocycles. The van der Waals surface area contributed by atoms with Crippen molar-refractivity contribution in [3.8, 4) is 0 Å². The van der Waals surface area contributed by atoms with Crippen LogP contribution in [0.25, 0.3) is 0 Å². The molecule has 0 aromatic rings. The number of likely N-dealkylation sites (N-methyl/N-ethyl adjacent to an activating group) is 1. The van der Waals surface area contributed by atoms with Gasteiger partial charge in [0.05, 0.1) is 13.2 Å². The van der Waals surface area contributed by atoms with E-state index in [9.17, 15) is 9.59 Å². The average molecular weight is 344 g/mol. The van der Waals surface area contributed by atoms with E-state index < -0.39 is 12.1 Å². The first-order valence-corrected chi connectivity index (χ1v) is 9.09. The number of rotatable bonds is 7. The van der Waals surface area contributed by atoms with Gasteiger partial charge in [-0.3, -0.25) is 4.79 Å². The van der Waals surface area contributed by atoms with Gasteiger partial charge in [0.15, 0.2) is 0 Å². The highest BCUT2D eigenvalue weighted by Gasteiger charge is 2.25. The molecule has 1 aliphatic rings. The molecule has 0 spiro atoms. The zero-order valence-corrected chi connectivity index (χ0v) is 16.3. The Bertz CT molecular complexity index is 355. The van der Waals surface area contributed by atoms with Crippen LogP contribution < -0.4 is 5.32 Å². The lowest BCUT2D eigenvalue weighted by Gasteiger charge is -2.27. The smallest absolute Gasteiger partial charge is 0.407 e. The van der Waals surface area contributed by atoms with Crippen molar-refractivity contribution in [3.63, 3.8) is 0 Å². The Morgan fingerprint density at radius 3 is 2.21 bits per heavy atom. The van der Waals surface area contributed by atoms with Crippen molar-refractivity contribution in [2.45, 2.75) is 58.9 Å². The molecule has 24 heavy (non-hydrogen) atoms. The maximum atomic E-state index is 11.9. The van der Waals surface area contributed by atoms with Gasteiger partial charge in [-0.2, -0.15) is 0 Å². The fourth-order valence-corrected chi connectivity index (χ4v) is 2.88. The van der Waals surface area contributed by atoms with Gasteiger partial charge < -0.3 is 19.7 Å². The summed E-state index contributed by atoms with van der Waals surface area (Å²) in [6.45, 7) is 6.65. The Morgan fingerprint density at radius 1 is 1.12 bits per heavy atom. The van der Waals surface area contributed by atoms with Crippen LogP contribution in [0.3, 0.4) is 0 Å². The zero-order valence-electron chi connectivity index (χ0n) is 16.3. The van der Waals surface area contributed by atoms with Crippen LogP contribution in [0.1, 0.15) is 52.9 Å². The maximum Gasteiger partial charge on any atom is 0.407 e. The van der Waals surface area contributed by atoms with Crippen LogP contribution in [-0.2, 0) is 14.3 Å². The van der Waals surface area contributed by atoms with Crippen LogP contribution in [0.15, 0.2) is 0 Å². The molecule has 0 bridgehead atoms. The first-order valence-electron chi connectivity index (χ1n) is 9.09. The normalized spacial score (nSPS) is 17.1. The lowest BCUT2D eigenvalue weighted by Crippen LogP contribution is -2.49. The predicted molar refractivity (Wildman–Crippen MR) is 95.9 cm³/mol. The highest BCUT2D eigenvalue weighted by Crippen LogP contribution is 2.29. The van der Waals surface area contributed by atoms with E-state index in [0.29, 0.717) is 18.4 Å². The van der Waals surface area contributed by atoms with E-state index in [0.717, 1.165) is 0 Å². The summed E-state index contributed by atoms with van der Waals surface area (Å²) in [6, 6.07) is -0.711. The Labute approximate surface area is 147 Å². The first kappa shape index (κ1) is 22.7. The van der Waals surface area contributed by atoms with Crippen molar-refractivity contribution in [2.24, 2.45) is 11.8 Å². The molecule has 2 atom stereocenters. The molecule has 1 rings (SSSR count). The van der Waals surface area contributed by atoms with E-state index >= 15 is 0 Å². The molecular formula is C18H36N2O4. The molecule has 142 valence electrons. The summed E-state index contributed by atoms with van der Waals surface area (Å²) in [5.74, 6) is 0.787. The number of nitrogens with one attached hydrogen (secondary N) is 1. The number of amides is 2. The van der Waals surface area contributed by atoms with Crippen LogP contribution in [0.5, 0.6) is 0 Å². The van der Waals surface area contributed by atoms with Crippen LogP contribution >= 0.6 is 0 Å². The van der Waals surface area contributed by atoms with Crippen molar-refractivity contribution in [2.75, 3.05) is 34.4 Å². The summed E-state index contributed by atoms with van der Waals surface area (Å²) in [6.07, 6.45) is 5.74. The quantitative estimate of drug-likeness (QED) is 0.771. The number of ether oxygens (including phenoxy) is 2. The number of alkyl carbamates (subject to hydrolysis) is 1. The van der Waals surface area contributed by atoms with Crippen LogP contribution in [-0.4, -0.2) is 57.4 Å². The lowest BCUT2D eigenvalue weighted by atomic mass is 9.81. The molecule has 1 aliphatic carbocycles. The number of carbonyl (C=O) groups is 2. The molecule has 0 radical (unpaired) electrons. The van der Waals surface area contributed by atoms with E-state index in [2.05, 4.69) is 12.2 Å². The van der Waals surface area contributed by atoms with Crippen molar-refractivity contribution in [3.05, 3.63) is 0 Å². The van der Waals surface area contributed by atoms with Gasteiger partial charge in [0.2, 0.25) is 5.91 Å². The van der Waals surface area contributed by atoms with E-state index in [1.165, 1.54) is 44.1 Å². The SMILES string of the molecule is CC.COCC(NC(=O)OCC(C)C1CCCCC1)C(=O)N(C)C. The summed E-state index contributed by atoms with van der Waals surface area (Å²) in [5.41, 5.74) is 0. The third kappa shape index (κ3) is 8.52. The highest BCUT2D eigenvalue weighted by molar-refractivity contribution is 5.85. The number of carbonyl (C=O) groups excluding carboxylic acids is 2.